The van der Waals surface area contributed by atoms with Crippen LogP contribution in [0.2, 0.25) is 5.02 Å². The van der Waals surface area contributed by atoms with Crippen molar-refractivity contribution in [3.05, 3.63) is 41.2 Å². The Hall–Kier alpha value is -2.34. The predicted octanol–water partition coefficient (Wildman–Crippen LogP) is 2.02. The van der Waals surface area contributed by atoms with E-state index < -0.39 is 16.0 Å². The summed E-state index contributed by atoms with van der Waals surface area (Å²) in [6, 6.07) is 6.22. The number of sulfonamides is 1. The summed E-state index contributed by atoms with van der Waals surface area (Å²) in [6.07, 6.45) is 2.87. The zero-order valence-electron chi connectivity index (χ0n) is 12.9. The molecule has 0 spiro atoms. The molecule has 2 rings (SSSR count). The van der Waals surface area contributed by atoms with Crippen LogP contribution in [0, 0.1) is 11.3 Å². The van der Waals surface area contributed by atoms with E-state index in [9.17, 15) is 18.5 Å². The molecule has 0 fully saturated rings. The van der Waals surface area contributed by atoms with Crippen molar-refractivity contribution < 1.29 is 18.3 Å². The summed E-state index contributed by atoms with van der Waals surface area (Å²) in [5.74, 6) is -1.05. The molecule has 0 aliphatic rings. The fourth-order valence-corrected chi connectivity index (χ4v) is 3.43. The van der Waals surface area contributed by atoms with Gasteiger partial charge in [0.25, 0.3) is 0 Å². The molecule has 24 heavy (non-hydrogen) atoms. The third-order valence-corrected chi connectivity index (χ3v) is 5.29. The average molecular weight is 368 g/mol. The molecule has 0 bridgehead atoms. The van der Waals surface area contributed by atoms with Gasteiger partial charge >= 0.3 is 5.97 Å². The van der Waals surface area contributed by atoms with Crippen molar-refractivity contribution in [3.8, 4) is 17.2 Å². The van der Waals surface area contributed by atoms with Crippen LogP contribution in [0.25, 0.3) is 11.1 Å². The Kier molecular flexibility index (Phi) is 4.99. The van der Waals surface area contributed by atoms with Gasteiger partial charge < -0.3 is 9.67 Å². The molecule has 0 atom stereocenters. The van der Waals surface area contributed by atoms with E-state index in [1.807, 2.05) is 6.07 Å². The smallest absolute Gasteiger partial charge is 0.323 e. The lowest BCUT2D eigenvalue weighted by Crippen LogP contribution is -2.22. The number of rotatable bonds is 5. The van der Waals surface area contributed by atoms with Crippen LogP contribution in [-0.2, 0) is 21.4 Å². The molecule has 1 N–H and O–H groups in total. The first kappa shape index (κ1) is 18.0. The molecule has 0 amide bonds. The molecule has 0 aliphatic heterocycles. The minimum atomic E-state index is -3.70. The summed E-state index contributed by atoms with van der Waals surface area (Å²) in [5, 5.41) is 18.3. The van der Waals surface area contributed by atoms with E-state index in [1.54, 1.807) is 0 Å². The van der Waals surface area contributed by atoms with Gasteiger partial charge in [0.1, 0.15) is 12.6 Å². The van der Waals surface area contributed by atoms with Crippen molar-refractivity contribution in [1.29, 1.82) is 5.26 Å². The van der Waals surface area contributed by atoms with Crippen LogP contribution in [0.4, 0.5) is 0 Å². The van der Waals surface area contributed by atoms with Gasteiger partial charge in [0.2, 0.25) is 10.0 Å². The Morgan fingerprint density at radius 1 is 1.33 bits per heavy atom. The number of carbonyl (C=O) groups is 1. The first-order valence-corrected chi connectivity index (χ1v) is 8.52. The number of aliphatic carboxylic acids is 1. The maximum absolute atomic E-state index is 12.3. The number of benzene rings is 1. The van der Waals surface area contributed by atoms with Gasteiger partial charge in [0, 0.05) is 37.1 Å². The Labute approximate surface area is 144 Å². The summed E-state index contributed by atoms with van der Waals surface area (Å²) >= 11 is 6.03. The molecular formula is C15H14ClN3O4S. The third kappa shape index (κ3) is 3.59. The molecule has 126 valence electrons. The first-order valence-electron chi connectivity index (χ1n) is 6.70. The fraction of sp³-hybridized carbons (Fsp3) is 0.200. The van der Waals surface area contributed by atoms with Gasteiger partial charge in [-0.1, -0.05) is 11.6 Å². The molecule has 0 saturated heterocycles. The van der Waals surface area contributed by atoms with Crippen LogP contribution in [0.1, 0.15) is 5.56 Å². The number of nitriles is 1. The SMILES string of the molecule is CN(C)S(=O)(=O)c1cc(Cl)cc(-c2cn(CC(=O)O)cc2C#N)c1. The molecule has 2 aromatic rings. The normalized spacial score (nSPS) is 11.5. The van der Waals surface area contributed by atoms with E-state index in [-0.39, 0.29) is 22.0 Å². The van der Waals surface area contributed by atoms with Gasteiger partial charge in [0.05, 0.1) is 10.5 Å². The highest BCUT2D eigenvalue weighted by Gasteiger charge is 2.20. The van der Waals surface area contributed by atoms with E-state index in [2.05, 4.69) is 0 Å². The fourth-order valence-electron chi connectivity index (χ4n) is 2.15. The molecule has 0 aliphatic carbocycles. The highest BCUT2D eigenvalue weighted by Crippen LogP contribution is 2.30. The quantitative estimate of drug-likeness (QED) is 0.870. The van der Waals surface area contributed by atoms with Crippen LogP contribution >= 0.6 is 11.6 Å². The molecule has 1 aromatic heterocycles. The summed E-state index contributed by atoms with van der Waals surface area (Å²) in [7, 11) is -0.891. The Balaban J connectivity index is 2.62. The Morgan fingerprint density at radius 3 is 2.54 bits per heavy atom. The second kappa shape index (κ2) is 6.65. The zero-order valence-corrected chi connectivity index (χ0v) is 14.5. The predicted molar refractivity (Wildman–Crippen MR) is 88.1 cm³/mol. The van der Waals surface area contributed by atoms with Gasteiger partial charge in [-0.2, -0.15) is 5.26 Å². The standard InChI is InChI=1S/C15H14ClN3O4S/c1-18(2)24(22,23)13-4-10(3-12(16)5-13)14-8-19(9-15(20)21)7-11(14)6-17/h3-5,7-8H,9H2,1-2H3,(H,20,21). The van der Waals surface area contributed by atoms with Crippen molar-refractivity contribution in [3.63, 3.8) is 0 Å². The zero-order chi connectivity index (χ0) is 18.1. The molecule has 1 aromatic carbocycles. The molecule has 0 saturated carbocycles. The largest absolute Gasteiger partial charge is 0.480 e. The van der Waals surface area contributed by atoms with E-state index >= 15 is 0 Å². The van der Waals surface area contributed by atoms with Crippen LogP contribution in [0.3, 0.4) is 0 Å². The Morgan fingerprint density at radius 2 is 2.00 bits per heavy atom. The lowest BCUT2D eigenvalue weighted by atomic mass is 10.1. The van der Waals surface area contributed by atoms with Gasteiger partial charge in [-0.05, 0) is 23.8 Å². The number of carboxylic acid groups (broad SMARTS) is 1. The maximum atomic E-state index is 12.3. The number of nitrogens with zero attached hydrogens (tertiary/aromatic N) is 3. The minimum Gasteiger partial charge on any atom is -0.480 e. The van der Waals surface area contributed by atoms with Crippen LogP contribution in [0.15, 0.2) is 35.5 Å². The lowest BCUT2D eigenvalue weighted by molar-refractivity contribution is -0.137. The van der Waals surface area contributed by atoms with Crippen molar-refractivity contribution >= 4 is 27.6 Å². The van der Waals surface area contributed by atoms with Crippen molar-refractivity contribution in [2.75, 3.05) is 14.1 Å². The highest BCUT2D eigenvalue weighted by molar-refractivity contribution is 7.89. The van der Waals surface area contributed by atoms with Crippen molar-refractivity contribution in [2.24, 2.45) is 0 Å². The van der Waals surface area contributed by atoms with Gasteiger partial charge in [-0.25, -0.2) is 12.7 Å². The summed E-state index contributed by atoms with van der Waals surface area (Å²) < 4.78 is 27.0. The van der Waals surface area contributed by atoms with Crippen molar-refractivity contribution in [2.45, 2.75) is 11.4 Å². The van der Waals surface area contributed by atoms with E-state index in [0.717, 1.165) is 4.31 Å². The van der Waals surface area contributed by atoms with Crippen LogP contribution < -0.4 is 0 Å². The van der Waals surface area contributed by atoms with Gasteiger partial charge in [-0.3, -0.25) is 4.79 Å². The number of aromatic nitrogens is 1. The topological polar surface area (TPSA) is 103 Å². The summed E-state index contributed by atoms with van der Waals surface area (Å²) in [4.78, 5) is 10.8. The molecule has 0 unspecified atom stereocenters. The Bertz CT molecular complexity index is 942. The molecular weight excluding hydrogens is 354 g/mol. The summed E-state index contributed by atoms with van der Waals surface area (Å²) in [6.45, 7) is -0.307. The number of carboxylic acids is 1. The first-order chi connectivity index (χ1) is 11.1. The molecule has 0 radical (unpaired) electrons. The second-order valence-corrected chi connectivity index (χ2v) is 7.81. The maximum Gasteiger partial charge on any atom is 0.323 e. The van der Waals surface area contributed by atoms with Crippen molar-refractivity contribution in [1.82, 2.24) is 8.87 Å². The highest BCUT2D eigenvalue weighted by atomic mass is 35.5. The van der Waals surface area contributed by atoms with Gasteiger partial charge in [0.15, 0.2) is 0 Å². The number of hydrogen-bond acceptors (Lipinski definition) is 4. The van der Waals surface area contributed by atoms with E-state index in [4.69, 9.17) is 16.7 Å². The monoisotopic (exact) mass is 367 g/mol. The lowest BCUT2D eigenvalue weighted by Gasteiger charge is -2.13. The second-order valence-electron chi connectivity index (χ2n) is 5.23. The molecule has 9 heteroatoms. The number of hydrogen-bond donors (Lipinski definition) is 1. The summed E-state index contributed by atoms with van der Waals surface area (Å²) in [5.41, 5.74) is 1.06. The average Bonchev–Trinajstić information content (AvgIpc) is 2.88. The molecule has 7 nitrogen and oxygen atoms in total. The van der Waals surface area contributed by atoms with Crippen LogP contribution in [0.5, 0.6) is 0 Å². The van der Waals surface area contributed by atoms with E-state index in [0.29, 0.717) is 11.1 Å². The van der Waals surface area contributed by atoms with E-state index in [1.165, 1.54) is 49.3 Å². The molecule has 1 heterocycles. The minimum absolute atomic E-state index is 0.00938. The third-order valence-electron chi connectivity index (χ3n) is 3.28. The number of halogens is 1. The van der Waals surface area contributed by atoms with Gasteiger partial charge in [-0.15, -0.1) is 0 Å². The van der Waals surface area contributed by atoms with Crippen LogP contribution in [-0.4, -0.2) is 42.5 Å².